The molecule has 2 aromatic carbocycles. The van der Waals surface area contributed by atoms with Gasteiger partial charge < -0.3 is 19.1 Å². The lowest BCUT2D eigenvalue weighted by molar-refractivity contribution is -0.00117. The number of aliphatic hydroxyl groups is 1. The SMILES string of the molecule is COc1cc(C(=O)CC[C@](O)(c2cc3c(c(-c4ccc(F)cc4)n2)OC[C@]3(C)n2cnnc2)C2CC2)cc2cn(C)nc12. The lowest BCUT2D eigenvalue weighted by Gasteiger charge is -2.30. The third-order valence-corrected chi connectivity index (χ3v) is 8.82. The van der Waals surface area contributed by atoms with E-state index in [0.717, 1.165) is 23.8 Å². The van der Waals surface area contributed by atoms with E-state index in [1.54, 1.807) is 42.6 Å². The Balaban J connectivity index is 1.29. The molecular weight excluding hydrogens is 551 g/mol. The lowest BCUT2D eigenvalue weighted by Crippen LogP contribution is -2.34. The van der Waals surface area contributed by atoms with Gasteiger partial charge in [0.25, 0.3) is 0 Å². The Morgan fingerprint density at radius 2 is 1.93 bits per heavy atom. The van der Waals surface area contributed by atoms with Gasteiger partial charge in [0.1, 0.15) is 53.2 Å². The molecule has 0 spiro atoms. The van der Waals surface area contributed by atoms with E-state index in [0.29, 0.717) is 46.1 Å². The first kappa shape index (κ1) is 27.2. The molecule has 0 bridgehead atoms. The molecule has 1 saturated carbocycles. The third kappa shape index (κ3) is 4.55. The molecule has 3 aromatic heterocycles. The van der Waals surface area contributed by atoms with E-state index in [4.69, 9.17) is 14.5 Å². The topological polar surface area (TPSA) is 117 Å². The van der Waals surface area contributed by atoms with Crippen LogP contribution in [0.5, 0.6) is 11.5 Å². The van der Waals surface area contributed by atoms with Gasteiger partial charge in [-0.05, 0) is 74.6 Å². The van der Waals surface area contributed by atoms with Crippen molar-refractivity contribution in [1.29, 1.82) is 0 Å². The van der Waals surface area contributed by atoms with Crippen LogP contribution in [0, 0.1) is 11.7 Å². The number of halogens is 1. The molecule has 1 aliphatic carbocycles. The Hall–Kier alpha value is -4.64. The van der Waals surface area contributed by atoms with Crippen LogP contribution in [-0.2, 0) is 18.2 Å². The number of carbonyl (C=O) groups excluding carboxylic acids is 1. The maximum atomic E-state index is 13.9. The smallest absolute Gasteiger partial charge is 0.163 e. The van der Waals surface area contributed by atoms with Crippen LogP contribution < -0.4 is 9.47 Å². The molecule has 11 heteroatoms. The minimum absolute atomic E-state index is 0.0502. The lowest BCUT2D eigenvalue weighted by atomic mass is 9.83. The van der Waals surface area contributed by atoms with E-state index in [1.807, 2.05) is 36.9 Å². The molecule has 0 saturated heterocycles. The summed E-state index contributed by atoms with van der Waals surface area (Å²) in [6.07, 6.45) is 7.04. The highest BCUT2D eigenvalue weighted by molar-refractivity contribution is 6.01. The predicted octanol–water partition coefficient (Wildman–Crippen LogP) is 4.79. The van der Waals surface area contributed by atoms with Crippen LogP contribution in [-0.4, -0.2) is 54.1 Å². The van der Waals surface area contributed by atoms with E-state index >= 15 is 0 Å². The number of pyridine rings is 1. The Morgan fingerprint density at radius 1 is 1.19 bits per heavy atom. The first-order valence-electron chi connectivity index (χ1n) is 14.3. The molecule has 1 fully saturated rings. The van der Waals surface area contributed by atoms with Crippen LogP contribution in [0.15, 0.2) is 61.3 Å². The molecule has 2 atom stereocenters. The highest BCUT2D eigenvalue weighted by Crippen LogP contribution is 2.52. The number of carbonyl (C=O) groups is 1. The number of fused-ring (bicyclic) bond motifs is 2. The predicted molar refractivity (Wildman–Crippen MR) is 155 cm³/mol. The van der Waals surface area contributed by atoms with Gasteiger partial charge in [0.05, 0.1) is 12.8 Å². The van der Waals surface area contributed by atoms with Crippen LogP contribution in [0.2, 0.25) is 0 Å². The number of nitrogens with zero attached hydrogens (tertiary/aromatic N) is 6. The summed E-state index contributed by atoms with van der Waals surface area (Å²) in [5.74, 6) is 0.571. The fourth-order valence-electron chi connectivity index (χ4n) is 6.15. The van der Waals surface area contributed by atoms with Gasteiger partial charge in [0.2, 0.25) is 0 Å². The summed E-state index contributed by atoms with van der Waals surface area (Å²) in [6.45, 7) is 2.32. The average molecular weight is 583 g/mol. The highest BCUT2D eigenvalue weighted by Gasteiger charge is 2.49. The summed E-state index contributed by atoms with van der Waals surface area (Å²) in [7, 11) is 3.37. The van der Waals surface area contributed by atoms with Crippen LogP contribution in [0.1, 0.15) is 54.2 Å². The number of ether oxygens (including phenoxy) is 2. The standard InChI is InChI=1S/C32H31FN6O4/c1-31(39-17-34-35-18-39)16-43-30-24(31)14-27(36-29(30)19-4-8-23(33)9-5-19)32(41,22-6-7-22)11-10-25(40)20-12-21-15-38(2)37-28(21)26(13-20)42-3/h4-5,8-9,12-15,17-18,22,41H,6-7,10-11,16H2,1-3H3/t31-,32+/m0/s1. The van der Waals surface area contributed by atoms with Crippen molar-refractivity contribution in [2.75, 3.05) is 13.7 Å². The normalized spacial score (nSPS) is 19.2. The van der Waals surface area contributed by atoms with Gasteiger partial charge in [-0.2, -0.15) is 5.10 Å². The number of ketones is 1. The fraction of sp³-hybridized carbons (Fsp3) is 0.344. The zero-order valence-electron chi connectivity index (χ0n) is 24.1. The van der Waals surface area contributed by atoms with Crippen molar-refractivity contribution in [3.05, 3.63) is 84.0 Å². The zero-order chi connectivity index (χ0) is 29.9. The van der Waals surface area contributed by atoms with Gasteiger partial charge in [-0.1, -0.05) is 0 Å². The second kappa shape index (κ2) is 9.98. The van der Waals surface area contributed by atoms with Crippen LogP contribution in [0.4, 0.5) is 4.39 Å². The van der Waals surface area contributed by atoms with Gasteiger partial charge in [-0.15, -0.1) is 10.2 Å². The van der Waals surface area contributed by atoms with Gasteiger partial charge in [-0.25, -0.2) is 9.37 Å². The van der Waals surface area contributed by atoms with Crippen molar-refractivity contribution in [3.63, 3.8) is 0 Å². The van der Waals surface area contributed by atoms with E-state index in [1.165, 1.54) is 12.1 Å². The molecule has 5 aromatic rings. The number of methoxy groups -OCH3 is 1. The fourth-order valence-corrected chi connectivity index (χ4v) is 6.15. The van der Waals surface area contributed by atoms with Crippen molar-refractivity contribution < 1.29 is 23.8 Å². The molecule has 2 aliphatic rings. The summed E-state index contributed by atoms with van der Waals surface area (Å²) in [5.41, 5.74) is 1.61. The highest BCUT2D eigenvalue weighted by atomic mass is 19.1. The van der Waals surface area contributed by atoms with Crippen LogP contribution >= 0.6 is 0 Å². The number of rotatable bonds is 9. The van der Waals surface area contributed by atoms with Gasteiger partial charge in [0.15, 0.2) is 11.5 Å². The van der Waals surface area contributed by atoms with Gasteiger partial charge >= 0.3 is 0 Å². The molecule has 0 radical (unpaired) electrons. The third-order valence-electron chi connectivity index (χ3n) is 8.82. The average Bonchev–Trinajstić information content (AvgIpc) is 3.41. The van der Waals surface area contributed by atoms with Crippen molar-refractivity contribution in [2.45, 2.75) is 43.7 Å². The van der Waals surface area contributed by atoms with E-state index in [-0.39, 0.29) is 30.4 Å². The first-order chi connectivity index (χ1) is 20.7. The maximum Gasteiger partial charge on any atom is 0.163 e. The van der Waals surface area contributed by atoms with Crippen molar-refractivity contribution in [3.8, 4) is 22.8 Å². The summed E-state index contributed by atoms with van der Waals surface area (Å²) in [4.78, 5) is 18.5. The van der Waals surface area contributed by atoms with Gasteiger partial charge in [0, 0.05) is 41.7 Å². The number of hydrogen-bond acceptors (Lipinski definition) is 8. The summed E-state index contributed by atoms with van der Waals surface area (Å²) in [6, 6.07) is 11.5. The largest absolute Gasteiger partial charge is 0.494 e. The monoisotopic (exact) mass is 582 g/mol. The number of aromatic nitrogens is 6. The molecule has 4 heterocycles. The van der Waals surface area contributed by atoms with Crippen molar-refractivity contribution in [2.24, 2.45) is 13.0 Å². The number of Topliss-reactive ketones (excluding diaryl/α,β-unsaturated/α-hetero) is 1. The Morgan fingerprint density at radius 3 is 2.63 bits per heavy atom. The van der Waals surface area contributed by atoms with E-state index < -0.39 is 11.1 Å². The van der Waals surface area contributed by atoms with Crippen LogP contribution in [0.3, 0.4) is 0 Å². The van der Waals surface area contributed by atoms with E-state index in [9.17, 15) is 14.3 Å². The van der Waals surface area contributed by atoms with Gasteiger partial charge in [-0.3, -0.25) is 9.48 Å². The summed E-state index contributed by atoms with van der Waals surface area (Å²) >= 11 is 0. The summed E-state index contributed by atoms with van der Waals surface area (Å²) < 4.78 is 29.2. The van der Waals surface area contributed by atoms with Crippen molar-refractivity contribution in [1.82, 2.24) is 29.5 Å². The second-order valence-corrected chi connectivity index (χ2v) is 11.7. The second-order valence-electron chi connectivity index (χ2n) is 11.7. The Kier molecular flexibility index (Phi) is 6.31. The zero-order valence-corrected chi connectivity index (χ0v) is 24.1. The number of hydrogen-bond donors (Lipinski definition) is 1. The molecule has 0 unspecified atom stereocenters. The number of benzene rings is 2. The van der Waals surface area contributed by atoms with E-state index in [2.05, 4.69) is 15.3 Å². The van der Waals surface area contributed by atoms with Crippen LogP contribution in [0.25, 0.3) is 22.2 Å². The summed E-state index contributed by atoms with van der Waals surface area (Å²) in [5, 5.41) is 25.6. The molecule has 220 valence electrons. The molecule has 1 N–H and O–H groups in total. The molecule has 43 heavy (non-hydrogen) atoms. The molecular formula is C32H31FN6O4. The number of aryl methyl sites for hydroxylation is 1. The van der Waals surface area contributed by atoms with Crippen molar-refractivity contribution >= 4 is 16.7 Å². The Bertz CT molecular complexity index is 1850. The minimum atomic E-state index is -1.36. The maximum absolute atomic E-state index is 13.9. The molecule has 10 nitrogen and oxygen atoms in total. The quantitative estimate of drug-likeness (QED) is 0.247. The minimum Gasteiger partial charge on any atom is -0.494 e. The Labute approximate surface area is 247 Å². The molecule has 7 rings (SSSR count). The molecule has 1 aliphatic heterocycles. The first-order valence-corrected chi connectivity index (χ1v) is 14.3. The molecule has 0 amide bonds.